The summed E-state index contributed by atoms with van der Waals surface area (Å²) >= 11 is 4.41. The van der Waals surface area contributed by atoms with Crippen LogP contribution < -0.4 is 5.43 Å². The highest BCUT2D eigenvalue weighted by molar-refractivity contribution is 7.80. The van der Waals surface area contributed by atoms with Crippen molar-refractivity contribution in [2.45, 2.75) is 45.4 Å². The summed E-state index contributed by atoms with van der Waals surface area (Å²) in [5.74, 6) is -0.212. The fourth-order valence-corrected chi connectivity index (χ4v) is 3.21. The van der Waals surface area contributed by atoms with Crippen LogP contribution in [-0.4, -0.2) is 11.1 Å². The van der Waals surface area contributed by atoms with Gasteiger partial charge in [-0.3, -0.25) is 4.79 Å². The van der Waals surface area contributed by atoms with Crippen LogP contribution in [0.4, 0.5) is 0 Å². The maximum Gasteiger partial charge on any atom is 0.335 e. The lowest BCUT2D eigenvalue weighted by atomic mass is 10.1. The van der Waals surface area contributed by atoms with E-state index in [2.05, 4.69) is 19.6 Å². The smallest absolute Gasteiger partial charge is 0.335 e. The number of carboxylic acid groups (broad SMARTS) is 1. The third kappa shape index (κ3) is 5.01. The molecule has 0 radical (unpaired) electrons. The highest BCUT2D eigenvalue weighted by atomic mass is 32.1. The Morgan fingerprint density at radius 2 is 1.81 bits per heavy atom. The fourth-order valence-electron chi connectivity index (χ4n) is 2.93. The summed E-state index contributed by atoms with van der Waals surface area (Å²) in [6, 6.07) is 10.5. The average Bonchev–Trinajstić information content (AvgIpc) is 2.57. The van der Waals surface area contributed by atoms with Crippen LogP contribution in [0.25, 0.3) is 11.0 Å². The molecular formula is C22H24O4S. The van der Waals surface area contributed by atoms with E-state index in [0.29, 0.717) is 22.3 Å². The monoisotopic (exact) mass is 384 g/mol. The molecule has 0 aliphatic carbocycles. The van der Waals surface area contributed by atoms with Crippen molar-refractivity contribution < 1.29 is 14.3 Å². The van der Waals surface area contributed by atoms with Crippen molar-refractivity contribution in [2.75, 3.05) is 0 Å². The van der Waals surface area contributed by atoms with Gasteiger partial charge in [0.15, 0.2) is 5.43 Å². The van der Waals surface area contributed by atoms with Crippen molar-refractivity contribution in [3.63, 3.8) is 0 Å². The summed E-state index contributed by atoms with van der Waals surface area (Å²) in [5.41, 5.74) is 4.04. The van der Waals surface area contributed by atoms with Crippen LogP contribution in [0.15, 0.2) is 50.5 Å². The van der Waals surface area contributed by atoms with Crippen molar-refractivity contribution in [3.8, 4) is 0 Å². The van der Waals surface area contributed by atoms with Crippen molar-refractivity contribution in [3.05, 3.63) is 74.6 Å². The molecule has 0 amide bonds. The molecule has 0 saturated heterocycles. The van der Waals surface area contributed by atoms with Gasteiger partial charge >= 0.3 is 5.97 Å². The number of aryl methyl sites for hydroxylation is 4. The van der Waals surface area contributed by atoms with Crippen molar-refractivity contribution in [1.29, 1.82) is 0 Å². The molecule has 142 valence electrons. The van der Waals surface area contributed by atoms with Gasteiger partial charge in [0.25, 0.3) is 0 Å². The van der Waals surface area contributed by atoms with Gasteiger partial charge in [-0.15, -0.1) is 12.6 Å². The molecule has 3 aromatic rings. The van der Waals surface area contributed by atoms with Crippen LogP contribution in [-0.2, 0) is 6.42 Å². The summed E-state index contributed by atoms with van der Waals surface area (Å²) in [6.07, 6.45) is 1.88. The molecule has 3 rings (SSSR count). The standard InChI is InChI=1S/C13H14O2S.C9H10O2/c1-3-4-10-12(16)6-5-9-11(14)7-8(2)15-13(9)10;1-6-3-4-8(9(10)11)7(2)5-6/h5-7,16H,3-4H2,1-2H3;3-5H,1-2H3,(H,10,11). The molecule has 0 spiro atoms. The van der Waals surface area contributed by atoms with E-state index in [1.165, 1.54) is 6.07 Å². The third-order valence-corrected chi connectivity index (χ3v) is 4.63. The molecule has 0 saturated carbocycles. The molecule has 27 heavy (non-hydrogen) atoms. The number of hydrogen-bond donors (Lipinski definition) is 2. The molecule has 1 heterocycles. The molecule has 5 heteroatoms. The van der Waals surface area contributed by atoms with Gasteiger partial charge in [0.1, 0.15) is 11.3 Å². The Labute approximate surface area is 164 Å². The van der Waals surface area contributed by atoms with Gasteiger partial charge in [0.05, 0.1) is 10.9 Å². The molecule has 0 aliphatic heterocycles. The number of hydrogen-bond acceptors (Lipinski definition) is 4. The topological polar surface area (TPSA) is 67.5 Å². The minimum absolute atomic E-state index is 0.0180. The van der Waals surface area contributed by atoms with Crippen LogP contribution in [0.3, 0.4) is 0 Å². The number of carbonyl (C=O) groups is 1. The van der Waals surface area contributed by atoms with E-state index < -0.39 is 5.97 Å². The Kier molecular flexibility index (Phi) is 6.86. The first-order valence-corrected chi connectivity index (χ1v) is 9.25. The zero-order valence-electron chi connectivity index (χ0n) is 16.0. The van der Waals surface area contributed by atoms with Gasteiger partial charge in [-0.2, -0.15) is 0 Å². The third-order valence-electron chi connectivity index (χ3n) is 4.21. The first-order valence-electron chi connectivity index (χ1n) is 8.80. The zero-order chi connectivity index (χ0) is 20.1. The molecule has 0 bridgehead atoms. The Bertz CT molecular complexity index is 1030. The second kappa shape index (κ2) is 8.91. The minimum atomic E-state index is -0.859. The van der Waals surface area contributed by atoms with Crippen LogP contribution in [0, 0.1) is 20.8 Å². The largest absolute Gasteiger partial charge is 0.478 e. The van der Waals surface area contributed by atoms with Crippen LogP contribution >= 0.6 is 12.6 Å². The van der Waals surface area contributed by atoms with E-state index >= 15 is 0 Å². The summed E-state index contributed by atoms with van der Waals surface area (Å²) in [4.78, 5) is 23.2. The number of benzene rings is 2. The number of rotatable bonds is 3. The van der Waals surface area contributed by atoms with Gasteiger partial charge in [-0.1, -0.05) is 31.0 Å². The summed E-state index contributed by atoms with van der Waals surface area (Å²) in [5, 5.41) is 9.30. The molecule has 0 atom stereocenters. The first-order chi connectivity index (χ1) is 12.7. The van der Waals surface area contributed by atoms with Gasteiger partial charge in [-0.25, -0.2) is 4.79 Å². The normalized spacial score (nSPS) is 10.4. The second-order valence-corrected chi connectivity index (χ2v) is 7.02. The maximum absolute atomic E-state index is 11.8. The van der Waals surface area contributed by atoms with Gasteiger partial charge in [-0.05, 0) is 51.0 Å². The predicted molar refractivity (Wildman–Crippen MR) is 111 cm³/mol. The highest BCUT2D eigenvalue weighted by Crippen LogP contribution is 2.25. The Balaban J connectivity index is 0.000000208. The van der Waals surface area contributed by atoms with Crippen molar-refractivity contribution >= 4 is 29.6 Å². The van der Waals surface area contributed by atoms with E-state index in [9.17, 15) is 9.59 Å². The highest BCUT2D eigenvalue weighted by Gasteiger charge is 2.10. The van der Waals surface area contributed by atoms with E-state index in [0.717, 1.165) is 34.4 Å². The molecule has 4 nitrogen and oxygen atoms in total. The lowest BCUT2D eigenvalue weighted by Crippen LogP contribution is -2.02. The summed E-state index contributed by atoms with van der Waals surface area (Å²) in [6.45, 7) is 7.64. The maximum atomic E-state index is 11.8. The quantitative estimate of drug-likeness (QED) is 0.598. The van der Waals surface area contributed by atoms with Crippen LogP contribution in [0.2, 0.25) is 0 Å². The van der Waals surface area contributed by atoms with Crippen molar-refractivity contribution in [1.82, 2.24) is 0 Å². The Hall–Kier alpha value is -2.53. The van der Waals surface area contributed by atoms with Gasteiger partial charge in [0.2, 0.25) is 0 Å². The minimum Gasteiger partial charge on any atom is -0.478 e. The molecular weight excluding hydrogens is 360 g/mol. The van der Waals surface area contributed by atoms with Gasteiger partial charge < -0.3 is 9.52 Å². The lowest BCUT2D eigenvalue weighted by Gasteiger charge is -2.07. The van der Waals surface area contributed by atoms with E-state index in [4.69, 9.17) is 9.52 Å². The fraction of sp³-hybridized carbons (Fsp3) is 0.273. The molecule has 0 unspecified atom stereocenters. The van der Waals surface area contributed by atoms with Gasteiger partial charge in [0, 0.05) is 16.5 Å². The predicted octanol–water partition coefficient (Wildman–Crippen LogP) is 5.34. The molecule has 2 aromatic carbocycles. The van der Waals surface area contributed by atoms with Crippen LogP contribution in [0.5, 0.6) is 0 Å². The number of fused-ring (bicyclic) bond motifs is 1. The molecule has 1 N–H and O–H groups in total. The SMILES string of the molecule is CCCc1c(S)ccc2c(=O)cc(C)oc12.Cc1ccc(C(=O)O)c(C)c1. The average molecular weight is 384 g/mol. The molecule has 0 fully saturated rings. The lowest BCUT2D eigenvalue weighted by molar-refractivity contribution is 0.0696. The zero-order valence-corrected chi connectivity index (χ0v) is 16.9. The van der Waals surface area contributed by atoms with E-state index in [-0.39, 0.29) is 5.43 Å². The van der Waals surface area contributed by atoms with Crippen molar-refractivity contribution in [2.24, 2.45) is 0 Å². The molecule has 1 aromatic heterocycles. The Morgan fingerprint density at radius 1 is 1.11 bits per heavy atom. The molecule has 0 aliphatic rings. The number of carboxylic acids is 1. The van der Waals surface area contributed by atoms with E-state index in [1.54, 1.807) is 32.0 Å². The second-order valence-electron chi connectivity index (χ2n) is 6.53. The number of aromatic carboxylic acids is 1. The van der Waals surface area contributed by atoms with Crippen LogP contribution in [0.1, 0.15) is 46.2 Å². The summed E-state index contributed by atoms with van der Waals surface area (Å²) < 4.78 is 5.66. The number of thiol groups is 1. The van der Waals surface area contributed by atoms with E-state index in [1.807, 2.05) is 19.1 Å². The Morgan fingerprint density at radius 3 is 2.41 bits per heavy atom. The first kappa shape index (κ1) is 20.8. The summed E-state index contributed by atoms with van der Waals surface area (Å²) in [7, 11) is 0.